The largest absolute Gasteiger partial charge is 0.351 e. The Balaban J connectivity index is 1.70. The Kier molecular flexibility index (Phi) is 2.73. The summed E-state index contributed by atoms with van der Waals surface area (Å²) in [5, 5.41) is 5.48. The number of thiophene rings is 1. The number of aromatic nitrogens is 2. The molecule has 0 bridgehead atoms. The zero-order valence-electron chi connectivity index (χ0n) is 8.69. The van der Waals surface area contributed by atoms with Crippen molar-refractivity contribution in [1.82, 2.24) is 9.55 Å². The van der Waals surface area contributed by atoms with Crippen molar-refractivity contribution >= 4 is 33.2 Å². The molecular weight excluding hydrogens is 286 g/mol. The van der Waals surface area contributed by atoms with Crippen molar-refractivity contribution in [2.75, 3.05) is 5.32 Å². The van der Waals surface area contributed by atoms with Crippen molar-refractivity contribution in [2.24, 2.45) is 0 Å². The van der Waals surface area contributed by atoms with Crippen LogP contribution in [0.25, 0.3) is 0 Å². The number of rotatable bonds is 4. The molecule has 1 fully saturated rings. The quantitative estimate of drug-likeness (QED) is 0.933. The molecule has 0 radical (unpaired) electrons. The third-order valence-electron chi connectivity index (χ3n) is 2.71. The molecule has 0 amide bonds. The zero-order valence-corrected chi connectivity index (χ0v) is 11.1. The molecule has 1 aliphatic carbocycles. The maximum Gasteiger partial charge on any atom is 0.203 e. The summed E-state index contributed by atoms with van der Waals surface area (Å²) in [5.41, 5.74) is 0. The van der Waals surface area contributed by atoms with Gasteiger partial charge in [-0.25, -0.2) is 4.98 Å². The van der Waals surface area contributed by atoms with Gasteiger partial charge in [-0.2, -0.15) is 0 Å². The highest BCUT2D eigenvalue weighted by atomic mass is 79.9. The van der Waals surface area contributed by atoms with Crippen LogP contribution in [0.4, 0.5) is 5.95 Å². The van der Waals surface area contributed by atoms with Gasteiger partial charge in [-0.05, 0) is 40.2 Å². The molecule has 3 nitrogen and oxygen atoms in total. The highest BCUT2D eigenvalue weighted by Crippen LogP contribution is 2.37. The van der Waals surface area contributed by atoms with E-state index in [0.29, 0.717) is 6.04 Å². The average molecular weight is 298 g/mol. The summed E-state index contributed by atoms with van der Waals surface area (Å²) in [6.07, 6.45) is 6.50. The lowest BCUT2D eigenvalue weighted by atomic mass is 10.5. The predicted molar refractivity (Wildman–Crippen MR) is 69.8 cm³/mol. The Hall–Kier alpha value is -0.810. The third kappa shape index (κ3) is 2.01. The molecule has 1 aliphatic rings. The number of nitrogens with zero attached hydrogens (tertiary/aromatic N) is 2. The Bertz CT molecular complexity index is 487. The molecule has 1 saturated carbocycles. The normalized spacial score (nSPS) is 15.3. The van der Waals surface area contributed by atoms with Crippen molar-refractivity contribution in [3.05, 3.63) is 33.2 Å². The molecule has 5 heteroatoms. The number of hydrogen-bond donors (Lipinski definition) is 1. The van der Waals surface area contributed by atoms with E-state index in [2.05, 4.69) is 48.4 Å². The maximum atomic E-state index is 4.35. The van der Waals surface area contributed by atoms with E-state index in [1.165, 1.54) is 22.2 Å². The molecule has 2 aromatic rings. The highest BCUT2D eigenvalue weighted by Gasteiger charge is 2.25. The SMILES string of the molecule is Brc1ccsc1CNc1nccn1C1CC1. The summed E-state index contributed by atoms with van der Waals surface area (Å²) >= 11 is 5.29. The Morgan fingerprint density at radius 3 is 3.12 bits per heavy atom. The van der Waals surface area contributed by atoms with Crippen LogP contribution in [0.5, 0.6) is 0 Å². The number of imidazole rings is 1. The van der Waals surface area contributed by atoms with Crippen LogP contribution in [0.15, 0.2) is 28.3 Å². The summed E-state index contributed by atoms with van der Waals surface area (Å²) in [6, 6.07) is 2.76. The van der Waals surface area contributed by atoms with Crippen molar-refractivity contribution in [2.45, 2.75) is 25.4 Å². The van der Waals surface area contributed by atoms with E-state index < -0.39 is 0 Å². The molecule has 0 unspecified atom stereocenters. The first kappa shape index (κ1) is 10.4. The number of anilines is 1. The van der Waals surface area contributed by atoms with Gasteiger partial charge in [-0.1, -0.05) is 0 Å². The summed E-state index contributed by atoms with van der Waals surface area (Å²) in [6.45, 7) is 0.835. The van der Waals surface area contributed by atoms with E-state index in [4.69, 9.17) is 0 Å². The first-order valence-corrected chi connectivity index (χ1v) is 7.00. The van der Waals surface area contributed by atoms with Crippen molar-refractivity contribution < 1.29 is 0 Å². The number of halogens is 1. The fourth-order valence-corrected chi connectivity index (χ4v) is 3.14. The maximum absolute atomic E-state index is 4.35. The Labute approximate surface area is 107 Å². The minimum Gasteiger partial charge on any atom is -0.351 e. The molecule has 0 aromatic carbocycles. The van der Waals surface area contributed by atoms with Gasteiger partial charge in [0.05, 0.1) is 6.54 Å². The molecular formula is C11H12BrN3S. The van der Waals surface area contributed by atoms with Gasteiger partial charge in [0, 0.05) is 27.8 Å². The lowest BCUT2D eigenvalue weighted by molar-refractivity contribution is 0.743. The van der Waals surface area contributed by atoms with E-state index in [1.54, 1.807) is 11.3 Å². The van der Waals surface area contributed by atoms with E-state index in [-0.39, 0.29) is 0 Å². The molecule has 0 atom stereocenters. The van der Waals surface area contributed by atoms with Crippen LogP contribution < -0.4 is 5.32 Å². The van der Waals surface area contributed by atoms with Crippen molar-refractivity contribution in [3.63, 3.8) is 0 Å². The highest BCUT2D eigenvalue weighted by molar-refractivity contribution is 9.10. The fraction of sp³-hybridized carbons (Fsp3) is 0.364. The van der Waals surface area contributed by atoms with Crippen molar-refractivity contribution in [1.29, 1.82) is 0 Å². The number of hydrogen-bond acceptors (Lipinski definition) is 3. The van der Waals surface area contributed by atoms with Crippen LogP contribution >= 0.6 is 27.3 Å². The summed E-state index contributed by atoms with van der Waals surface area (Å²) < 4.78 is 3.41. The molecule has 0 aliphatic heterocycles. The van der Waals surface area contributed by atoms with E-state index in [9.17, 15) is 0 Å². The van der Waals surface area contributed by atoms with Gasteiger partial charge in [0.25, 0.3) is 0 Å². The van der Waals surface area contributed by atoms with Crippen LogP contribution in [-0.2, 0) is 6.54 Å². The van der Waals surface area contributed by atoms with E-state index in [1.807, 2.05) is 6.20 Å². The van der Waals surface area contributed by atoms with Gasteiger partial charge in [-0.3, -0.25) is 0 Å². The third-order valence-corrected chi connectivity index (χ3v) is 4.63. The van der Waals surface area contributed by atoms with Crippen molar-refractivity contribution in [3.8, 4) is 0 Å². The predicted octanol–water partition coefficient (Wildman–Crippen LogP) is 3.65. The van der Waals surface area contributed by atoms with Gasteiger partial charge in [0.1, 0.15) is 0 Å². The summed E-state index contributed by atoms with van der Waals surface area (Å²) in [4.78, 5) is 5.66. The minimum atomic E-state index is 0.678. The van der Waals surface area contributed by atoms with Gasteiger partial charge in [-0.15, -0.1) is 11.3 Å². The average Bonchev–Trinajstić information content (AvgIpc) is 2.88. The molecule has 84 valence electrons. The monoisotopic (exact) mass is 297 g/mol. The topological polar surface area (TPSA) is 29.9 Å². The second kappa shape index (κ2) is 4.22. The van der Waals surface area contributed by atoms with E-state index >= 15 is 0 Å². The van der Waals surface area contributed by atoms with Crippen LogP contribution in [0, 0.1) is 0 Å². The molecule has 1 N–H and O–H groups in total. The van der Waals surface area contributed by atoms with Gasteiger partial charge in [0.15, 0.2) is 0 Å². The lowest BCUT2D eigenvalue weighted by Gasteiger charge is -2.07. The fourth-order valence-electron chi connectivity index (χ4n) is 1.71. The van der Waals surface area contributed by atoms with Gasteiger partial charge >= 0.3 is 0 Å². The Morgan fingerprint density at radius 1 is 1.56 bits per heavy atom. The van der Waals surface area contributed by atoms with E-state index in [0.717, 1.165) is 12.5 Å². The van der Waals surface area contributed by atoms with Gasteiger partial charge < -0.3 is 9.88 Å². The smallest absolute Gasteiger partial charge is 0.203 e. The lowest BCUT2D eigenvalue weighted by Crippen LogP contribution is -2.05. The molecule has 2 aromatic heterocycles. The summed E-state index contributed by atoms with van der Waals surface area (Å²) in [7, 11) is 0. The molecule has 2 heterocycles. The standard InChI is InChI=1S/C11H12BrN3S/c12-9-3-6-16-10(9)7-14-11-13-4-5-15(11)8-1-2-8/h3-6,8H,1-2,7H2,(H,13,14). The molecule has 16 heavy (non-hydrogen) atoms. The van der Waals surface area contributed by atoms with Gasteiger partial charge in [0.2, 0.25) is 5.95 Å². The molecule has 3 rings (SSSR count). The molecule has 0 saturated heterocycles. The summed E-state index contributed by atoms with van der Waals surface area (Å²) in [5.74, 6) is 0.989. The zero-order chi connectivity index (χ0) is 11.0. The Morgan fingerprint density at radius 2 is 2.44 bits per heavy atom. The molecule has 0 spiro atoms. The van der Waals surface area contributed by atoms with Crippen LogP contribution in [0.1, 0.15) is 23.8 Å². The van der Waals surface area contributed by atoms with Crippen LogP contribution in [0.2, 0.25) is 0 Å². The second-order valence-corrected chi connectivity index (χ2v) is 5.79. The number of nitrogens with one attached hydrogen (secondary N) is 1. The second-order valence-electron chi connectivity index (χ2n) is 3.93. The first-order valence-electron chi connectivity index (χ1n) is 5.33. The minimum absolute atomic E-state index is 0.678. The first-order chi connectivity index (χ1) is 7.84. The van der Waals surface area contributed by atoms with Crippen LogP contribution in [0.3, 0.4) is 0 Å². The van der Waals surface area contributed by atoms with Crippen LogP contribution in [-0.4, -0.2) is 9.55 Å².